The number of halogens is 1. The van der Waals surface area contributed by atoms with Crippen LogP contribution in [-0.2, 0) is 16.2 Å². The first kappa shape index (κ1) is 65.2. The standard InChI is InChI=1S/C45H32N2O.C27H21NO.C15H15N.C12H7BrO/c1-45(2)36-20-9-6-16-31(36)33-19-12-23-40(44(33)45)47(39-22-13-25-42-43(39)34-18-8-11-24-41(34)48-42)30-26-27-38-35(28-30)32-17-7-10-21-37(32)46(38)29-14-4-3-5-15-29;1-27(2)20-12-5-3-9-17(20)18-11-7-14-22(26(18)27)28-21-13-8-16-24-25(21)19-10-4-6-15-23(19)29-24;1-15(2)12-8-4-3-6-10(12)11-7-5-9-13(16)14(11)15;13-9-5-3-7-11-12(9)8-4-1-2-6-10(8)14-11/h3-28H,1-2H3;3-16,28H,1-2H3;3-9H,16H2,1-2H3;1-7H. The number of nitrogens with zero attached hydrogens (tertiary/aromatic N) is 2. The van der Waals surface area contributed by atoms with Gasteiger partial charge in [-0.2, -0.15) is 0 Å². The molecular weight excluding hydrogens is 1370 g/mol. The Morgan fingerprint density at radius 1 is 0.318 bits per heavy atom. The van der Waals surface area contributed by atoms with E-state index in [1.54, 1.807) is 0 Å². The average Bonchev–Trinajstić information content (AvgIpc) is 1.58. The zero-order chi connectivity index (χ0) is 72.5. The summed E-state index contributed by atoms with van der Waals surface area (Å²) in [6.07, 6.45) is 0. The molecule has 3 N–H and O–H groups in total. The molecule has 0 amide bonds. The number of para-hydroxylation sites is 5. The van der Waals surface area contributed by atoms with E-state index < -0.39 is 0 Å². The number of nitrogens with two attached hydrogens (primary N) is 1. The second-order valence-electron chi connectivity index (χ2n) is 29.8. The van der Waals surface area contributed by atoms with Gasteiger partial charge in [0.05, 0.1) is 38.9 Å². The molecule has 3 aliphatic rings. The second-order valence-corrected chi connectivity index (χ2v) is 30.7. The van der Waals surface area contributed by atoms with Crippen molar-refractivity contribution >= 4 is 138 Å². The summed E-state index contributed by atoms with van der Waals surface area (Å²) in [6, 6.07) is 116. The van der Waals surface area contributed by atoms with E-state index in [2.05, 4.69) is 327 Å². The van der Waals surface area contributed by atoms with E-state index in [1.807, 2.05) is 72.8 Å². The summed E-state index contributed by atoms with van der Waals surface area (Å²) in [5, 5.41) is 13.0. The Bertz CT molecular complexity index is 6760. The Morgan fingerprint density at radius 3 is 1.36 bits per heavy atom. The van der Waals surface area contributed by atoms with Gasteiger partial charge in [0.2, 0.25) is 0 Å². The number of hydrogen-bond acceptors (Lipinski definition) is 6. The number of rotatable bonds is 6. The molecule has 7 nitrogen and oxygen atoms in total. The highest BCUT2D eigenvalue weighted by molar-refractivity contribution is 9.10. The van der Waals surface area contributed by atoms with Crippen LogP contribution < -0.4 is 16.0 Å². The highest BCUT2D eigenvalue weighted by Crippen LogP contribution is 2.57. The van der Waals surface area contributed by atoms with Crippen LogP contribution in [0.3, 0.4) is 0 Å². The SMILES string of the molecule is Brc1cccc2oc3ccccc3c12.CC1(C)c2ccccc2-c2cccc(N(c3ccc4c(c3)c3ccccc3n4-c3ccccc3)c3cccc4oc5ccccc5c34)c21.CC1(C)c2ccccc2-c2cccc(N)c21.CC1(C)c2ccccc2-c2cccc(Nc3cccc4oc5ccccc5c34)c21. The van der Waals surface area contributed by atoms with Gasteiger partial charge in [-0.05, 0) is 176 Å². The van der Waals surface area contributed by atoms with E-state index in [0.29, 0.717) is 0 Å². The highest BCUT2D eigenvalue weighted by Gasteiger charge is 2.41. The number of nitrogen functional groups attached to an aromatic ring is 1. The third-order valence-electron chi connectivity index (χ3n) is 22.6. The average molecular weight is 1450 g/mol. The zero-order valence-electron chi connectivity index (χ0n) is 60.3. The lowest BCUT2D eigenvalue weighted by molar-refractivity contribution is 0.660. The van der Waals surface area contributed by atoms with Crippen LogP contribution in [0, 0.1) is 0 Å². The fourth-order valence-electron chi connectivity index (χ4n) is 17.9. The van der Waals surface area contributed by atoms with Crippen LogP contribution in [0.2, 0.25) is 0 Å². The van der Waals surface area contributed by atoms with Crippen molar-refractivity contribution in [1.82, 2.24) is 4.57 Å². The molecule has 22 rings (SSSR count). The van der Waals surface area contributed by atoms with E-state index >= 15 is 0 Å². The summed E-state index contributed by atoms with van der Waals surface area (Å²) in [6.45, 7) is 13.9. The van der Waals surface area contributed by atoms with Crippen molar-refractivity contribution in [2.75, 3.05) is 16.0 Å². The fraction of sp³-hybridized carbons (Fsp3) is 0.0909. The topological polar surface area (TPSA) is 85.6 Å². The maximum absolute atomic E-state index is 6.45. The van der Waals surface area contributed by atoms with Crippen molar-refractivity contribution in [2.45, 2.75) is 57.8 Å². The Balaban J connectivity index is 0.000000111. The summed E-state index contributed by atoms with van der Waals surface area (Å²) in [7, 11) is 0. The van der Waals surface area contributed by atoms with Gasteiger partial charge in [0.25, 0.3) is 0 Å². The number of fused-ring (bicyclic) bond motifs is 21. The Hall–Kier alpha value is -12.6. The number of aromatic nitrogens is 1. The fourth-order valence-corrected chi connectivity index (χ4v) is 18.5. The van der Waals surface area contributed by atoms with Gasteiger partial charge in [-0.1, -0.05) is 276 Å². The minimum absolute atomic E-state index is 0.0251. The van der Waals surface area contributed by atoms with Crippen LogP contribution in [0.15, 0.2) is 345 Å². The van der Waals surface area contributed by atoms with Crippen molar-refractivity contribution < 1.29 is 13.3 Å². The summed E-state index contributed by atoms with van der Waals surface area (Å²) in [4.78, 5) is 2.48. The maximum Gasteiger partial charge on any atom is 0.137 e. The van der Waals surface area contributed by atoms with Crippen molar-refractivity contribution in [1.29, 1.82) is 0 Å². The second kappa shape index (κ2) is 25.3. The van der Waals surface area contributed by atoms with Crippen molar-refractivity contribution in [3.05, 3.63) is 365 Å². The third kappa shape index (κ3) is 10.4. The van der Waals surface area contributed by atoms with Crippen LogP contribution in [0.25, 0.3) is 127 Å². The molecule has 0 saturated heterocycles. The predicted molar refractivity (Wildman–Crippen MR) is 451 cm³/mol. The Kier molecular flexibility index (Phi) is 15.4. The molecule has 107 heavy (non-hydrogen) atoms. The lowest BCUT2D eigenvalue weighted by Gasteiger charge is -2.32. The monoisotopic (exact) mass is 1450 g/mol. The van der Waals surface area contributed by atoms with Crippen LogP contribution in [0.4, 0.5) is 34.1 Å². The molecule has 3 aliphatic carbocycles. The predicted octanol–water partition coefficient (Wildman–Crippen LogP) is 28.0. The Labute approximate surface area is 629 Å². The van der Waals surface area contributed by atoms with E-state index in [9.17, 15) is 0 Å². The highest BCUT2D eigenvalue weighted by atomic mass is 79.9. The first-order valence-electron chi connectivity index (χ1n) is 36.7. The zero-order valence-corrected chi connectivity index (χ0v) is 61.8. The van der Waals surface area contributed by atoms with E-state index in [0.717, 1.165) is 104 Å². The van der Waals surface area contributed by atoms with Gasteiger partial charge in [0.1, 0.15) is 33.5 Å². The number of hydrogen-bond donors (Lipinski definition) is 2. The molecular formula is C99H75BrN4O3. The van der Waals surface area contributed by atoms with Gasteiger partial charge in [-0.3, -0.25) is 0 Å². The molecule has 0 spiro atoms. The molecule has 0 aliphatic heterocycles. The number of furan rings is 3. The number of benzene rings is 15. The van der Waals surface area contributed by atoms with Gasteiger partial charge in [-0.15, -0.1) is 0 Å². The van der Waals surface area contributed by atoms with E-state index in [-0.39, 0.29) is 16.2 Å². The molecule has 0 atom stereocenters. The summed E-state index contributed by atoms with van der Waals surface area (Å²) in [5.74, 6) is 0. The van der Waals surface area contributed by atoms with Crippen molar-refractivity contribution in [2.24, 2.45) is 0 Å². The summed E-state index contributed by atoms with van der Waals surface area (Å²) >= 11 is 3.54. The third-order valence-corrected chi connectivity index (χ3v) is 23.2. The maximum atomic E-state index is 6.45. The quantitative estimate of drug-likeness (QED) is 0.161. The normalized spacial score (nSPS) is 13.6. The lowest BCUT2D eigenvalue weighted by atomic mass is 9.81. The first-order valence-corrected chi connectivity index (χ1v) is 37.5. The van der Waals surface area contributed by atoms with Crippen molar-refractivity contribution in [3.8, 4) is 39.1 Å². The van der Waals surface area contributed by atoms with Gasteiger partial charge < -0.3 is 33.8 Å². The van der Waals surface area contributed by atoms with Crippen LogP contribution in [0.5, 0.6) is 0 Å². The molecule has 19 aromatic rings. The van der Waals surface area contributed by atoms with E-state index in [4.69, 9.17) is 19.0 Å². The largest absolute Gasteiger partial charge is 0.456 e. The van der Waals surface area contributed by atoms with Crippen LogP contribution in [0.1, 0.15) is 74.9 Å². The lowest BCUT2D eigenvalue weighted by Crippen LogP contribution is -2.20. The smallest absolute Gasteiger partial charge is 0.137 e. The molecule has 0 fully saturated rings. The molecule has 15 aromatic carbocycles. The molecule has 516 valence electrons. The van der Waals surface area contributed by atoms with Crippen molar-refractivity contribution in [3.63, 3.8) is 0 Å². The van der Waals surface area contributed by atoms with E-state index in [1.165, 1.54) is 94.3 Å². The number of anilines is 6. The summed E-state index contributed by atoms with van der Waals surface area (Å²) < 4.78 is 21.7. The van der Waals surface area contributed by atoms with Gasteiger partial charge in [0, 0.05) is 75.8 Å². The first-order chi connectivity index (χ1) is 52.2. The molecule has 4 aromatic heterocycles. The minimum atomic E-state index is -0.194. The molecule has 0 unspecified atom stereocenters. The van der Waals surface area contributed by atoms with Crippen LogP contribution >= 0.6 is 15.9 Å². The van der Waals surface area contributed by atoms with Crippen LogP contribution in [-0.4, -0.2) is 4.57 Å². The Morgan fingerprint density at radius 2 is 0.729 bits per heavy atom. The number of nitrogens with one attached hydrogen (secondary N) is 1. The van der Waals surface area contributed by atoms with Gasteiger partial charge in [0.15, 0.2) is 0 Å². The molecule has 0 bridgehead atoms. The molecule has 4 heterocycles. The summed E-state index contributed by atoms with van der Waals surface area (Å²) in [5.41, 5.74) is 37.4. The molecule has 0 radical (unpaired) electrons. The van der Waals surface area contributed by atoms with Gasteiger partial charge >= 0.3 is 0 Å². The molecule has 8 heteroatoms. The minimum Gasteiger partial charge on any atom is -0.456 e. The molecule has 0 saturated carbocycles. The van der Waals surface area contributed by atoms with Gasteiger partial charge in [-0.25, -0.2) is 0 Å².